The van der Waals surface area contributed by atoms with Crippen LogP contribution in [0, 0.1) is 11.7 Å². The molecule has 7 heteroatoms. The Kier molecular flexibility index (Phi) is 5.72. The number of hydrogen-bond acceptors (Lipinski definition) is 3. The highest BCUT2D eigenvalue weighted by molar-refractivity contribution is 6.30. The minimum absolute atomic E-state index is 0.0673. The van der Waals surface area contributed by atoms with E-state index in [4.69, 9.17) is 11.6 Å². The first-order valence-electron chi connectivity index (χ1n) is 13.0. The van der Waals surface area contributed by atoms with Gasteiger partial charge in [-0.15, -0.1) is 0 Å². The molecule has 186 valence electrons. The number of amides is 2. The van der Waals surface area contributed by atoms with Crippen LogP contribution in [0.15, 0.2) is 42.5 Å². The lowest BCUT2D eigenvalue weighted by atomic mass is 9.53. The first-order valence-corrected chi connectivity index (χ1v) is 13.4. The summed E-state index contributed by atoms with van der Waals surface area (Å²) in [5.41, 5.74) is 3.60. The average molecular weight is 497 g/mol. The van der Waals surface area contributed by atoms with Gasteiger partial charge in [0.15, 0.2) is 0 Å². The smallest absolute Gasteiger partial charge is 0.317 e. The molecule has 0 radical (unpaired) electrons. The number of rotatable bonds is 5. The Morgan fingerprint density at radius 1 is 1.06 bits per heavy atom. The molecule has 1 aliphatic carbocycles. The molecule has 6 heterocycles. The quantitative estimate of drug-likeness (QED) is 0.590. The largest absolute Gasteiger partial charge is 0.344 e. The standard InChI is InChI=1S/C28H34ClFN4O/c1-32(23-5-3-22(30)4-6-23)25-7-2-21(29)18-24(25)28-12-10-27(11-13-28,19-33-17-14-31-26(33)35)34-15-8-20(28)9-16-34/h2-7,18,20H,8-17,19H2,1H3,(H,31,35). The fourth-order valence-corrected chi connectivity index (χ4v) is 7.73. The number of benzene rings is 2. The van der Waals surface area contributed by atoms with Gasteiger partial charge in [-0.1, -0.05) is 11.6 Å². The second-order valence-corrected chi connectivity index (χ2v) is 11.4. The Bertz CT molecular complexity index is 1110. The number of nitrogens with one attached hydrogen (secondary N) is 1. The summed E-state index contributed by atoms with van der Waals surface area (Å²) in [5, 5.41) is 3.76. The van der Waals surface area contributed by atoms with Crippen LogP contribution >= 0.6 is 11.6 Å². The van der Waals surface area contributed by atoms with Crippen molar-refractivity contribution < 1.29 is 9.18 Å². The van der Waals surface area contributed by atoms with Gasteiger partial charge in [0.25, 0.3) is 0 Å². The Hall–Kier alpha value is -2.31. The number of urea groups is 1. The molecule has 5 nitrogen and oxygen atoms in total. The fourth-order valence-electron chi connectivity index (χ4n) is 7.56. The van der Waals surface area contributed by atoms with Gasteiger partial charge >= 0.3 is 6.03 Å². The molecule has 1 N–H and O–H groups in total. The predicted octanol–water partition coefficient (Wildman–Crippen LogP) is 5.55. The SMILES string of the molecule is CN(c1ccc(F)cc1)c1ccc(Cl)cc1C12CCC(CN3CCNC3=O)(CC1)N1CCC2CC1. The number of nitrogens with zero attached hydrogens (tertiary/aromatic N) is 3. The highest BCUT2D eigenvalue weighted by atomic mass is 35.5. The van der Waals surface area contributed by atoms with Gasteiger partial charge in [0.2, 0.25) is 0 Å². The van der Waals surface area contributed by atoms with Crippen molar-refractivity contribution in [3.63, 3.8) is 0 Å². The van der Waals surface area contributed by atoms with E-state index < -0.39 is 0 Å². The molecule has 9 rings (SSSR count). The van der Waals surface area contributed by atoms with Crippen molar-refractivity contribution in [2.24, 2.45) is 5.92 Å². The monoisotopic (exact) mass is 496 g/mol. The zero-order chi connectivity index (χ0) is 24.2. The number of carbonyl (C=O) groups is 1. The van der Waals surface area contributed by atoms with Gasteiger partial charge in [0.05, 0.1) is 0 Å². The molecule has 4 bridgehead atoms. The Balaban J connectivity index is 1.39. The van der Waals surface area contributed by atoms with Crippen LogP contribution in [0.3, 0.4) is 0 Å². The first-order chi connectivity index (χ1) is 16.9. The van der Waals surface area contributed by atoms with Crippen molar-refractivity contribution in [2.75, 3.05) is 44.7 Å². The molecule has 2 aromatic carbocycles. The van der Waals surface area contributed by atoms with E-state index in [1.807, 2.05) is 23.1 Å². The predicted molar refractivity (Wildman–Crippen MR) is 138 cm³/mol. The van der Waals surface area contributed by atoms with E-state index in [0.717, 1.165) is 74.8 Å². The maximum Gasteiger partial charge on any atom is 0.317 e. The Labute approximate surface area is 212 Å². The summed E-state index contributed by atoms with van der Waals surface area (Å²) >= 11 is 6.64. The zero-order valence-corrected chi connectivity index (χ0v) is 21.2. The third kappa shape index (κ3) is 3.80. The van der Waals surface area contributed by atoms with Gasteiger partial charge in [0, 0.05) is 54.0 Å². The lowest BCUT2D eigenvalue weighted by Crippen LogP contribution is -2.65. The topological polar surface area (TPSA) is 38.8 Å². The van der Waals surface area contributed by atoms with E-state index >= 15 is 0 Å². The number of carbonyl (C=O) groups excluding carboxylic acids is 1. The van der Waals surface area contributed by atoms with Crippen LogP contribution in [0.25, 0.3) is 0 Å². The van der Waals surface area contributed by atoms with E-state index in [9.17, 15) is 9.18 Å². The number of piperidine rings is 1. The molecule has 2 amide bonds. The van der Waals surface area contributed by atoms with Crippen LogP contribution in [0.5, 0.6) is 0 Å². The van der Waals surface area contributed by atoms with E-state index in [0.29, 0.717) is 5.92 Å². The number of halogens is 2. The van der Waals surface area contributed by atoms with Crippen LogP contribution in [0.1, 0.15) is 44.1 Å². The third-order valence-corrected chi connectivity index (χ3v) is 9.76. The maximum absolute atomic E-state index is 13.6. The van der Waals surface area contributed by atoms with Crippen LogP contribution in [0.2, 0.25) is 5.02 Å². The van der Waals surface area contributed by atoms with Gasteiger partial charge in [-0.3, -0.25) is 4.90 Å². The molecule has 6 aliphatic heterocycles. The summed E-state index contributed by atoms with van der Waals surface area (Å²) < 4.78 is 13.6. The van der Waals surface area contributed by atoms with Crippen molar-refractivity contribution in [1.29, 1.82) is 0 Å². The van der Waals surface area contributed by atoms with Crippen molar-refractivity contribution in [3.8, 4) is 0 Å². The second kappa shape index (κ2) is 8.67. The summed E-state index contributed by atoms with van der Waals surface area (Å²) in [6, 6.07) is 13.1. The summed E-state index contributed by atoms with van der Waals surface area (Å²) in [7, 11) is 2.07. The number of hydrogen-bond donors (Lipinski definition) is 1. The van der Waals surface area contributed by atoms with Crippen molar-refractivity contribution in [3.05, 3.63) is 58.9 Å². The molecule has 0 atom stereocenters. The molecule has 0 spiro atoms. The van der Waals surface area contributed by atoms with E-state index in [-0.39, 0.29) is 22.8 Å². The summed E-state index contributed by atoms with van der Waals surface area (Å²) in [6.45, 7) is 4.60. The van der Waals surface area contributed by atoms with Crippen molar-refractivity contribution in [1.82, 2.24) is 15.1 Å². The minimum atomic E-state index is -0.223. The van der Waals surface area contributed by atoms with E-state index in [2.05, 4.69) is 34.3 Å². The Morgan fingerprint density at radius 2 is 1.77 bits per heavy atom. The number of anilines is 2. The zero-order valence-electron chi connectivity index (χ0n) is 20.4. The second-order valence-electron chi connectivity index (χ2n) is 11.0. The third-order valence-electron chi connectivity index (χ3n) is 9.52. The summed E-state index contributed by atoms with van der Waals surface area (Å²) in [6.07, 6.45) is 6.77. The maximum atomic E-state index is 13.6. The van der Waals surface area contributed by atoms with Crippen LogP contribution in [-0.4, -0.2) is 61.1 Å². The lowest BCUT2D eigenvalue weighted by Gasteiger charge is -2.61. The fraction of sp³-hybridized carbons (Fsp3) is 0.536. The van der Waals surface area contributed by atoms with Gasteiger partial charge in [-0.2, -0.15) is 0 Å². The van der Waals surface area contributed by atoms with E-state index in [1.54, 1.807) is 0 Å². The Morgan fingerprint density at radius 3 is 2.43 bits per heavy atom. The van der Waals surface area contributed by atoms with Crippen LogP contribution < -0.4 is 10.2 Å². The lowest BCUT2D eigenvalue weighted by molar-refractivity contribution is -0.0667. The molecule has 35 heavy (non-hydrogen) atoms. The molecule has 7 aliphatic rings. The van der Waals surface area contributed by atoms with Gasteiger partial charge < -0.3 is 15.1 Å². The van der Waals surface area contributed by atoms with Gasteiger partial charge in [-0.25, -0.2) is 9.18 Å². The normalized spacial score (nSPS) is 31.9. The highest BCUT2D eigenvalue weighted by Crippen LogP contribution is 2.58. The molecule has 0 aromatic heterocycles. The van der Waals surface area contributed by atoms with Crippen molar-refractivity contribution >= 4 is 29.0 Å². The van der Waals surface area contributed by atoms with Gasteiger partial charge in [0.1, 0.15) is 5.82 Å². The molecular formula is C28H34ClFN4O. The van der Waals surface area contributed by atoms with E-state index in [1.165, 1.54) is 30.5 Å². The summed E-state index contributed by atoms with van der Waals surface area (Å²) in [4.78, 5) is 19.4. The van der Waals surface area contributed by atoms with Gasteiger partial charge in [-0.05, 0) is 106 Å². The molecular weight excluding hydrogens is 463 g/mol. The molecule has 2 aromatic rings. The minimum Gasteiger partial charge on any atom is -0.344 e. The van der Waals surface area contributed by atoms with Crippen LogP contribution in [0.4, 0.5) is 20.6 Å². The highest BCUT2D eigenvalue weighted by Gasteiger charge is 2.55. The summed E-state index contributed by atoms with van der Waals surface area (Å²) in [5.74, 6) is 0.394. The molecule has 6 saturated heterocycles. The first kappa shape index (κ1) is 23.1. The van der Waals surface area contributed by atoms with Crippen molar-refractivity contribution in [2.45, 2.75) is 49.5 Å². The van der Waals surface area contributed by atoms with Crippen LogP contribution in [-0.2, 0) is 5.41 Å². The average Bonchev–Trinajstić information content (AvgIpc) is 3.27. The molecule has 1 saturated carbocycles. The molecule has 0 unspecified atom stereocenters. The molecule has 7 fully saturated rings.